The summed E-state index contributed by atoms with van der Waals surface area (Å²) >= 11 is 8.13. The van der Waals surface area contributed by atoms with Gasteiger partial charge >= 0.3 is 0 Å². The van der Waals surface area contributed by atoms with Crippen molar-refractivity contribution < 1.29 is 4.79 Å². The largest absolute Gasteiger partial charge is 0.294 e. The van der Waals surface area contributed by atoms with Gasteiger partial charge in [-0.05, 0) is 52.1 Å². The molecular formula is C12H7ClINO. The highest BCUT2D eigenvalue weighted by Gasteiger charge is 2.23. The molecule has 0 fully saturated rings. The summed E-state index contributed by atoms with van der Waals surface area (Å²) in [6.07, 6.45) is 3.22. The maximum Gasteiger partial charge on any atom is 0.163 e. The van der Waals surface area contributed by atoms with Crippen molar-refractivity contribution in [3.63, 3.8) is 0 Å². The lowest BCUT2D eigenvalue weighted by Gasteiger charge is -2.06. The van der Waals surface area contributed by atoms with Gasteiger partial charge in [0.1, 0.15) is 5.15 Å². The summed E-state index contributed by atoms with van der Waals surface area (Å²) in [5, 5.41) is 2.65. The summed E-state index contributed by atoms with van der Waals surface area (Å²) in [7, 11) is 0. The van der Waals surface area contributed by atoms with E-state index in [4.69, 9.17) is 11.6 Å². The molecule has 1 aliphatic rings. The number of ketones is 1. The van der Waals surface area contributed by atoms with E-state index in [0.29, 0.717) is 11.6 Å². The molecule has 0 atom stereocenters. The van der Waals surface area contributed by atoms with Crippen LogP contribution < -0.4 is 0 Å². The third-order valence-electron chi connectivity index (χ3n) is 2.95. The number of aromatic nitrogens is 1. The van der Waals surface area contributed by atoms with Crippen molar-refractivity contribution in [1.82, 2.24) is 4.98 Å². The van der Waals surface area contributed by atoms with Crippen molar-refractivity contribution in [3.05, 3.63) is 38.2 Å². The van der Waals surface area contributed by atoms with Crippen molar-refractivity contribution in [1.29, 1.82) is 0 Å². The van der Waals surface area contributed by atoms with Crippen LogP contribution >= 0.6 is 34.2 Å². The summed E-state index contributed by atoms with van der Waals surface area (Å²) < 4.78 is 1.06. The molecule has 1 aliphatic carbocycles. The second-order valence-electron chi connectivity index (χ2n) is 3.86. The van der Waals surface area contributed by atoms with Crippen LogP contribution in [0.1, 0.15) is 22.3 Å². The fraction of sp³-hybridized carbons (Fsp3) is 0.167. The molecule has 0 spiro atoms. The standard InChI is InChI=1S/C12H7ClINO/c13-12-4-7-9(5-15-12)6-1-2-11(16)8(6)3-10(7)14/h3-5H,1-2H2. The first kappa shape index (κ1) is 10.5. The molecule has 1 aromatic heterocycles. The van der Waals surface area contributed by atoms with Crippen LogP contribution in [-0.2, 0) is 6.42 Å². The highest BCUT2D eigenvalue weighted by Crippen LogP contribution is 2.33. The van der Waals surface area contributed by atoms with Gasteiger partial charge in [0.05, 0.1) is 0 Å². The molecule has 0 N–H and O–H groups in total. The molecule has 0 unspecified atom stereocenters. The number of aryl methyl sites for hydroxylation is 1. The molecule has 2 aromatic rings. The van der Waals surface area contributed by atoms with Gasteiger partial charge in [-0.2, -0.15) is 0 Å². The van der Waals surface area contributed by atoms with Crippen molar-refractivity contribution in [2.75, 3.05) is 0 Å². The van der Waals surface area contributed by atoms with E-state index >= 15 is 0 Å². The van der Waals surface area contributed by atoms with Gasteiger partial charge in [-0.25, -0.2) is 4.98 Å². The van der Waals surface area contributed by atoms with Crippen LogP contribution in [0.5, 0.6) is 0 Å². The molecule has 3 rings (SSSR count). The van der Waals surface area contributed by atoms with Crippen LogP contribution in [0.4, 0.5) is 0 Å². The Balaban J connectivity index is 2.46. The predicted molar refractivity (Wildman–Crippen MR) is 72.1 cm³/mol. The molecule has 0 saturated heterocycles. The number of pyridine rings is 1. The molecule has 1 heterocycles. The second kappa shape index (κ2) is 3.67. The Morgan fingerprint density at radius 2 is 2.06 bits per heavy atom. The van der Waals surface area contributed by atoms with Gasteiger partial charge in [0.2, 0.25) is 0 Å². The monoisotopic (exact) mass is 343 g/mol. The molecule has 0 bridgehead atoms. The van der Waals surface area contributed by atoms with Crippen molar-refractivity contribution >= 4 is 50.7 Å². The molecule has 80 valence electrons. The number of carbonyl (C=O) groups excluding carboxylic acids is 1. The molecule has 0 saturated carbocycles. The van der Waals surface area contributed by atoms with Gasteiger partial charge in [-0.3, -0.25) is 4.79 Å². The minimum Gasteiger partial charge on any atom is -0.294 e. The van der Waals surface area contributed by atoms with Crippen LogP contribution in [0.2, 0.25) is 5.15 Å². The minimum absolute atomic E-state index is 0.241. The molecule has 1 aromatic carbocycles. The van der Waals surface area contributed by atoms with E-state index in [9.17, 15) is 4.79 Å². The van der Waals surface area contributed by atoms with E-state index in [0.717, 1.165) is 31.9 Å². The van der Waals surface area contributed by atoms with Crippen molar-refractivity contribution in [2.24, 2.45) is 0 Å². The fourth-order valence-electron chi connectivity index (χ4n) is 2.20. The summed E-state index contributed by atoms with van der Waals surface area (Å²) in [5.74, 6) is 0.241. The van der Waals surface area contributed by atoms with Crippen LogP contribution in [0.25, 0.3) is 10.8 Å². The zero-order valence-electron chi connectivity index (χ0n) is 8.26. The Hall–Kier alpha value is -0.680. The molecule has 0 amide bonds. The molecule has 0 radical (unpaired) electrons. The lowest BCUT2D eigenvalue weighted by molar-refractivity contribution is 0.0994. The first-order chi connectivity index (χ1) is 7.66. The summed E-state index contributed by atoms with van der Waals surface area (Å²) in [6, 6.07) is 3.83. The normalized spacial score (nSPS) is 14.5. The molecular weight excluding hydrogens is 336 g/mol. The second-order valence-corrected chi connectivity index (χ2v) is 5.41. The third-order valence-corrected chi connectivity index (χ3v) is 4.05. The average molecular weight is 344 g/mol. The quantitative estimate of drug-likeness (QED) is 0.540. The zero-order valence-corrected chi connectivity index (χ0v) is 11.2. The summed E-state index contributed by atoms with van der Waals surface area (Å²) in [4.78, 5) is 15.8. The Kier molecular flexibility index (Phi) is 2.40. The lowest BCUT2D eigenvalue weighted by Crippen LogP contribution is -1.94. The number of carbonyl (C=O) groups is 1. The predicted octanol–water partition coefficient (Wildman–Crippen LogP) is 3.62. The Morgan fingerprint density at radius 3 is 2.88 bits per heavy atom. The highest BCUT2D eigenvalue weighted by molar-refractivity contribution is 14.1. The van der Waals surface area contributed by atoms with Gasteiger partial charge in [0, 0.05) is 27.1 Å². The SMILES string of the molecule is O=C1CCc2c1cc(I)c1cc(Cl)ncc21. The number of Topliss-reactive ketones (excluding diaryl/α,β-unsaturated/α-hetero) is 1. The number of halogens is 2. The van der Waals surface area contributed by atoms with Crippen LogP contribution in [0.15, 0.2) is 18.3 Å². The van der Waals surface area contributed by atoms with Crippen LogP contribution in [0.3, 0.4) is 0 Å². The average Bonchev–Trinajstić information content (AvgIpc) is 2.61. The Morgan fingerprint density at radius 1 is 1.25 bits per heavy atom. The number of hydrogen-bond acceptors (Lipinski definition) is 2. The molecule has 0 aliphatic heterocycles. The number of benzene rings is 1. The molecule has 2 nitrogen and oxygen atoms in total. The van der Waals surface area contributed by atoms with Gasteiger partial charge in [-0.1, -0.05) is 11.6 Å². The van der Waals surface area contributed by atoms with Gasteiger partial charge in [0.25, 0.3) is 0 Å². The van der Waals surface area contributed by atoms with E-state index in [-0.39, 0.29) is 5.78 Å². The van der Waals surface area contributed by atoms with E-state index in [2.05, 4.69) is 27.6 Å². The lowest BCUT2D eigenvalue weighted by atomic mass is 10.0. The van der Waals surface area contributed by atoms with E-state index < -0.39 is 0 Å². The van der Waals surface area contributed by atoms with Gasteiger partial charge < -0.3 is 0 Å². The Labute approximate surface area is 111 Å². The zero-order chi connectivity index (χ0) is 11.3. The number of nitrogens with zero attached hydrogens (tertiary/aromatic N) is 1. The molecule has 4 heteroatoms. The first-order valence-corrected chi connectivity index (χ1v) is 6.42. The maximum absolute atomic E-state index is 11.7. The first-order valence-electron chi connectivity index (χ1n) is 4.96. The van der Waals surface area contributed by atoms with Gasteiger partial charge in [-0.15, -0.1) is 0 Å². The minimum atomic E-state index is 0.241. The van der Waals surface area contributed by atoms with Crippen LogP contribution in [-0.4, -0.2) is 10.8 Å². The van der Waals surface area contributed by atoms with Gasteiger partial charge in [0.15, 0.2) is 5.78 Å². The number of hydrogen-bond donors (Lipinski definition) is 0. The molecule has 16 heavy (non-hydrogen) atoms. The Bertz CT molecular complexity index is 624. The van der Waals surface area contributed by atoms with E-state index in [1.54, 1.807) is 6.20 Å². The van der Waals surface area contributed by atoms with Crippen LogP contribution in [0, 0.1) is 3.57 Å². The number of rotatable bonds is 0. The number of fused-ring (bicyclic) bond motifs is 3. The smallest absolute Gasteiger partial charge is 0.163 e. The third kappa shape index (κ3) is 1.45. The summed E-state index contributed by atoms with van der Waals surface area (Å²) in [5.41, 5.74) is 1.99. The van der Waals surface area contributed by atoms with Crippen molar-refractivity contribution in [3.8, 4) is 0 Å². The highest BCUT2D eigenvalue weighted by atomic mass is 127. The topological polar surface area (TPSA) is 30.0 Å². The fourth-order valence-corrected chi connectivity index (χ4v) is 3.11. The maximum atomic E-state index is 11.7. The van der Waals surface area contributed by atoms with Crippen molar-refractivity contribution in [2.45, 2.75) is 12.8 Å². The van der Waals surface area contributed by atoms with E-state index in [1.807, 2.05) is 12.1 Å². The summed E-state index contributed by atoms with van der Waals surface area (Å²) in [6.45, 7) is 0. The van der Waals surface area contributed by atoms with E-state index in [1.165, 1.54) is 0 Å².